The number of benzene rings is 1. The van der Waals surface area contributed by atoms with E-state index in [-0.39, 0.29) is 5.60 Å². The Hall–Kier alpha value is -1.95. The molecule has 0 saturated heterocycles. The largest absolute Gasteiger partial charge is 0.398 e. The summed E-state index contributed by atoms with van der Waals surface area (Å²) in [6.07, 6.45) is 3.31. The van der Waals surface area contributed by atoms with Crippen molar-refractivity contribution in [3.8, 4) is 11.4 Å². The highest BCUT2D eigenvalue weighted by molar-refractivity contribution is 5.63. The van der Waals surface area contributed by atoms with Gasteiger partial charge in [-0.2, -0.15) is 0 Å². The Kier molecular flexibility index (Phi) is 3.17. The first-order valence-electron chi connectivity index (χ1n) is 6.81. The molecule has 0 aliphatic heterocycles. The van der Waals surface area contributed by atoms with Crippen molar-refractivity contribution in [2.75, 3.05) is 12.8 Å². The van der Waals surface area contributed by atoms with E-state index in [0.717, 1.165) is 35.5 Å². The molecule has 2 N–H and O–H groups in total. The van der Waals surface area contributed by atoms with E-state index >= 15 is 0 Å². The van der Waals surface area contributed by atoms with Crippen LogP contribution in [0.2, 0.25) is 0 Å². The molecule has 1 heterocycles. The van der Waals surface area contributed by atoms with E-state index in [2.05, 4.69) is 15.5 Å². The van der Waals surface area contributed by atoms with Gasteiger partial charge in [0, 0.05) is 18.4 Å². The number of methoxy groups -OCH3 is 1. The van der Waals surface area contributed by atoms with Crippen LogP contribution >= 0.6 is 0 Å². The maximum absolute atomic E-state index is 5.97. The van der Waals surface area contributed by atoms with Gasteiger partial charge in [-0.3, -0.25) is 0 Å². The summed E-state index contributed by atoms with van der Waals surface area (Å²) in [6, 6.07) is 5.89. The number of hydrogen-bond acceptors (Lipinski definition) is 5. The number of nitrogens with zero attached hydrogens (tertiary/aromatic N) is 4. The van der Waals surface area contributed by atoms with Crippen molar-refractivity contribution < 1.29 is 4.74 Å². The van der Waals surface area contributed by atoms with Gasteiger partial charge in [-0.25, -0.2) is 4.68 Å². The smallest absolute Gasteiger partial charge is 0.182 e. The maximum Gasteiger partial charge on any atom is 0.182 e. The number of hydrogen-bond donors (Lipinski definition) is 1. The predicted octanol–water partition coefficient (Wildman–Crippen LogP) is 1.80. The van der Waals surface area contributed by atoms with Gasteiger partial charge in [-0.05, 0) is 48.2 Å². The Bertz CT molecular complexity index is 612. The van der Waals surface area contributed by atoms with Crippen LogP contribution in [-0.2, 0) is 11.3 Å². The van der Waals surface area contributed by atoms with Crippen LogP contribution in [0, 0.1) is 6.92 Å². The minimum Gasteiger partial charge on any atom is -0.398 e. The molecular weight excluding hydrogens is 254 g/mol. The van der Waals surface area contributed by atoms with E-state index in [1.165, 1.54) is 6.42 Å². The first-order valence-corrected chi connectivity index (χ1v) is 6.81. The Morgan fingerprint density at radius 3 is 2.80 bits per heavy atom. The van der Waals surface area contributed by atoms with E-state index in [1.807, 2.05) is 29.8 Å². The minimum atomic E-state index is -0.111. The van der Waals surface area contributed by atoms with Gasteiger partial charge in [0.15, 0.2) is 5.82 Å². The van der Waals surface area contributed by atoms with Crippen molar-refractivity contribution in [3.05, 3.63) is 23.8 Å². The van der Waals surface area contributed by atoms with Crippen molar-refractivity contribution in [3.63, 3.8) is 0 Å². The van der Waals surface area contributed by atoms with Crippen LogP contribution in [-0.4, -0.2) is 32.9 Å². The standard InChI is InChI=1S/C14H19N5O/c1-10-4-5-11(8-12(10)15)13-16-17-18-19(13)9-14(20-2)6-3-7-14/h4-5,8H,3,6-7,9,15H2,1-2H3. The van der Waals surface area contributed by atoms with E-state index in [4.69, 9.17) is 10.5 Å². The molecule has 3 rings (SSSR count). The highest BCUT2D eigenvalue weighted by Crippen LogP contribution is 2.37. The second kappa shape index (κ2) is 4.86. The Morgan fingerprint density at radius 2 is 2.20 bits per heavy atom. The number of nitrogens with two attached hydrogens (primary N) is 1. The highest BCUT2D eigenvalue weighted by Gasteiger charge is 2.38. The van der Waals surface area contributed by atoms with E-state index in [9.17, 15) is 0 Å². The zero-order valence-electron chi connectivity index (χ0n) is 11.8. The summed E-state index contributed by atoms with van der Waals surface area (Å²) in [4.78, 5) is 0. The van der Waals surface area contributed by atoms with Gasteiger partial charge >= 0.3 is 0 Å². The molecule has 20 heavy (non-hydrogen) atoms. The SMILES string of the molecule is COC1(Cn2nnnc2-c2ccc(C)c(N)c2)CCC1. The third-order valence-corrected chi connectivity index (χ3v) is 4.21. The van der Waals surface area contributed by atoms with Crippen molar-refractivity contribution in [2.45, 2.75) is 38.3 Å². The molecule has 2 aromatic rings. The van der Waals surface area contributed by atoms with E-state index < -0.39 is 0 Å². The topological polar surface area (TPSA) is 78.8 Å². The number of ether oxygens (including phenoxy) is 1. The van der Waals surface area contributed by atoms with Crippen LogP contribution < -0.4 is 5.73 Å². The van der Waals surface area contributed by atoms with Gasteiger partial charge in [-0.15, -0.1) is 5.10 Å². The summed E-state index contributed by atoms with van der Waals surface area (Å²) in [5.41, 5.74) is 8.60. The normalized spacial score (nSPS) is 16.9. The Balaban J connectivity index is 1.91. The second-order valence-electron chi connectivity index (χ2n) is 5.47. The number of anilines is 1. The lowest BCUT2D eigenvalue weighted by Gasteiger charge is -2.40. The van der Waals surface area contributed by atoms with Gasteiger partial charge in [0.05, 0.1) is 12.1 Å². The van der Waals surface area contributed by atoms with Gasteiger partial charge in [0.1, 0.15) is 0 Å². The quantitative estimate of drug-likeness (QED) is 0.859. The Labute approximate surface area is 117 Å². The van der Waals surface area contributed by atoms with Crippen molar-refractivity contribution in [2.24, 2.45) is 0 Å². The highest BCUT2D eigenvalue weighted by atomic mass is 16.5. The fraction of sp³-hybridized carbons (Fsp3) is 0.500. The first kappa shape index (κ1) is 13.1. The number of aromatic nitrogens is 4. The number of tetrazole rings is 1. The lowest BCUT2D eigenvalue weighted by molar-refractivity contribution is -0.0855. The monoisotopic (exact) mass is 273 g/mol. The van der Waals surface area contributed by atoms with Crippen LogP contribution in [0.4, 0.5) is 5.69 Å². The van der Waals surface area contributed by atoms with Crippen molar-refractivity contribution in [1.29, 1.82) is 0 Å². The average molecular weight is 273 g/mol. The third kappa shape index (κ3) is 2.16. The van der Waals surface area contributed by atoms with Crippen LogP contribution in [0.15, 0.2) is 18.2 Å². The molecule has 106 valence electrons. The van der Waals surface area contributed by atoms with Gasteiger partial charge in [0.2, 0.25) is 0 Å². The molecular formula is C14H19N5O. The zero-order chi connectivity index (χ0) is 14.2. The number of nitrogen functional groups attached to an aromatic ring is 1. The van der Waals surface area contributed by atoms with Crippen LogP contribution in [0.25, 0.3) is 11.4 Å². The maximum atomic E-state index is 5.97. The zero-order valence-corrected chi connectivity index (χ0v) is 11.8. The molecule has 1 aromatic carbocycles. The number of rotatable bonds is 4. The summed E-state index contributed by atoms with van der Waals surface area (Å²) in [6.45, 7) is 2.66. The molecule has 1 saturated carbocycles. The number of aryl methyl sites for hydroxylation is 1. The molecule has 6 nitrogen and oxygen atoms in total. The minimum absolute atomic E-state index is 0.111. The van der Waals surface area contributed by atoms with Crippen LogP contribution in [0.3, 0.4) is 0 Å². The molecule has 0 radical (unpaired) electrons. The van der Waals surface area contributed by atoms with E-state index in [1.54, 1.807) is 7.11 Å². The van der Waals surface area contributed by atoms with Crippen LogP contribution in [0.5, 0.6) is 0 Å². The summed E-state index contributed by atoms with van der Waals surface area (Å²) in [5.74, 6) is 0.736. The molecule has 1 aliphatic rings. The lowest BCUT2D eigenvalue weighted by Crippen LogP contribution is -2.43. The Morgan fingerprint density at radius 1 is 1.40 bits per heavy atom. The van der Waals surface area contributed by atoms with Gasteiger partial charge in [-0.1, -0.05) is 12.1 Å². The summed E-state index contributed by atoms with van der Waals surface area (Å²) in [5, 5.41) is 12.0. The molecule has 6 heteroatoms. The fourth-order valence-corrected chi connectivity index (χ4v) is 2.57. The summed E-state index contributed by atoms with van der Waals surface area (Å²) in [7, 11) is 1.76. The molecule has 0 atom stereocenters. The van der Waals surface area contributed by atoms with Crippen LogP contribution in [0.1, 0.15) is 24.8 Å². The molecule has 0 unspecified atom stereocenters. The molecule has 0 spiro atoms. The molecule has 1 fully saturated rings. The van der Waals surface area contributed by atoms with Crippen molar-refractivity contribution in [1.82, 2.24) is 20.2 Å². The van der Waals surface area contributed by atoms with E-state index in [0.29, 0.717) is 6.54 Å². The van der Waals surface area contributed by atoms with Crippen molar-refractivity contribution >= 4 is 5.69 Å². The summed E-state index contributed by atoms with van der Waals surface area (Å²) >= 11 is 0. The molecule has 1 aromatic heterocycles. The average Bonchev–Trinajstić information content (AvgIpc) is 2.85. The molecule has 1 aliphatic carbocycles. The first-order chi connectivity index (χ1) is 9.63. The second-order valence-corrected chi connectivity index (χ2v) is 5.47. The predicted molar refractivity (Wildman–Crippen MR) is 76.0 cm³/mol. The molecule has 0 bridgehead atoms. The summed E-state index contributed by atoms with van der Waals surface area (Å²) < 4.78 is 7.45. The van der Waals surface area contributed by atoms with Gasteiger partial charge in [0.25, 0.3) is 0 Å². The lowest BCUT2D eigenvalue weighted by atomic mass is 9.80. The van der Waals surface area contributed by atoms with Gasteiger partial charge < -0.3 is 10.5 Å². The fourth-order valence-electron chi connectivity index (χ4n) is 2.57. The molecule has 0 amide bonds. The third-order valence-electron chi connectivity index (χ3n) is 4.21.